The summed E-state index contributed by atoms with van der Waals surface area (Å²) in [4.78, 5) is 19.7. The van der Waals surface area contributed by atoms with Gasteiger partial charge >= 0.3 is 6.18 Å². The fourth-order valence-electron chi connectivity index (χ4n) is 4.37. The van der Waals surface area contributed by atoms with E-state index in [1.165, 1.54) is 11.0 Å². The van der Waals surface area contributed by atoms with E-state index < -0.39 is 17.3 Å². The highest BCUT2D eigenvalue weighted by Gasteiger charge is 2.34. The monoisotopic (exact) mass is 535 g/mol. The van der Waals surface area contributed by atoms with Gasteiger partial charge in [-0.2, -0.15) is 13.2 Å². The van der Waals surface area contributed by atoms with E-state index >= 15 is 0 Å². The smallest absolute Gasteiger partial charge is 0.370 e. The minimum atomic E-state index is -4.40. The zero-order valence-corrected chi connectivity index (χ0v) is 22.5. The second kappa shape index (κ2) is 11.7. The normalized spacial score (nSPS) is 16.2. The summed E-state index contributed by atoms with van der Waals surface area (Å²) in [5.41, 5.74) is 1.22. The molecule has 0 aliphatic carbocycles. The number of hydrogen-bond donors (Lipinski definition) is 0. The van der Waals surface area contributed by atoms with E-state index in [0.29, 0.717) is 54.5 Å². The molecule has 37 heavy (non-hydrogen) atoms. The van der Waals surface area contributed by atoms with Gasteiger partial charge in [0.15, 0.2) is 0 Å². The van der Waals surface area contributed by atoms with E-state index in [1.807, 2.05) is 32.1 Å². The first kappa shape index (κ1) is 28.7. The molecule has 1 saturated heterocycles. The van der Waals surface area contributed by atoms with Crippen molar-refractivity contribution in [2.45, 2.75) is 65.3 Å². The predicted molar refractivity (Wildman–Crippen MR) is 143 cm³/mol. The summed E-state index contributed by atoms with van der Waals surface area (Å²) in [5.74, 6) is 0.538. The zero-order valence-electron chi connectivity index (χ0n) is 21.8. The molecule has 0 radical (unpaired) electrons. The van der Waals surface area contributed by atoms with Crippen LogP contribution in [0.1, 0.15) is 58.6 Å². The van der Waals surface area contributed by atoms with Crippen molar-refractivity contribution < 1.29 is 22.7 Å². The largest absolute Gasteiger partial charge is 0.416 e. The van der Waals surface area contributed by atoms with Crippen molar-refractivity contribution in [2.75, 3.05) is 22.9 Å². The highest BCUT2D eigenvalue weighted by atomic mass is 35.5. The number of rotatable bonds is 7. The topological polar surface area (TPSA) is 45.1 Å². The summed E-state index contributed by atoms with van der Waals surface area (Å²) >= 11 is 6.62. The molecule has 0 N–H and O–H groups in total. The van der Waals surface area contributed by atoms with E-state index in [9.17, 15) is 18.0 Å². The molecule has 2 aromatic carbocycles. The Balaban J connectivity index is 1.67. The Hall–Kier alpha value is -2.84. The van der Waals surface area contributed by atoms with E-state index in [4.69, 9.17) is 16.3 Å². The maximum atomic E-state index is 13.2. The number of amidine groups is 1. The van der Waals surface area contributed by atoms with E-state index in [2.05, 4.69) is 9.89 Å². The Morgan fingerprint density at radius 3 is 2.32 bits per heavy atom. The van der Waals surface area contributed by atoms with Crippen LogP contribution in [-0.2, 0) is 21.3 Å². The quantitative estimate of drug-likeness (QED) is 0.208. The second-order valence-electron chi connectivity index (χ2n) is 9.59. The highest BCUT2D eigenvalue weighted by molar-refractivity contribution is 6.33. The molecule has 0 saturated carbocycles. The van der Waals surface area contributed by atoms with Crippen LogP contribution in [0.2, 0.25) is 5.02 Å². The lowest BCUT2D eigenvalue weighted by Gasteiger charge is -2.38. The van der Waals surface area contributed by atoms with Crippen LogP contribution in [0.25, 0.3) is 0 Å². The molecule has 1 amide bonds. The van der Waals surface area contributed by atoms with Gasteiger partial charge in [-0.3, -0.25) is 9.69 Å². The lowest BCUT2D eigenvalue weighted by Crippen LogP contribution is -2.40. The number of allylic oxidation sites excluding steroid dienone is 2. The molecular weight excluding hydrogens is 503 g/mol. The number of anilines is 2. The van der Waals surface area contributed by atoms with Crippen molar-refractivity contribution in [3.8, 4) is 0 Å². The molecule has 5 nitrogen and oxygen atoms in total. The summed E-state index contributed by atoms with van der Waals surface area (Å²) in [6.07, 6.45) is -0.520. The second-order valence-corrected chi connectivity index (χ2v) is 10.0. The molecule has 1 heterocycles. The molecule has 0 atom stereocenters. The van der Waals surface area contributed by atoms with Crippen LogP contribution >= 0.6 is 11.6 Å². The Morgan fingerprint density at radius 1 is 1.11 bits per heavy atom. The van der Waals surface area contributed by atoms with Gasteiger partial charge in [0.25, 0.3) is 0 Å². The molecule has 0 spiro atoms. The highest BCUT2D eigenvalue weighted by Crippen LogP contribution is 2.36. The number of carbonyl (C=O) groups is 1. The van der Waals surface area contributed by atoms with E-state index in [1.54, 1.807) is 32.9 Å². The summed E-state index contributed by atoms with van der Waals surface area (Å²) in [7, 11) is 0. The molecule has 1 aliphatic rings. The van der Waals surface area contributed by atoms with Crippen LogP contribution in [0, 0.1) is 0 Å². The Kier molecular flexibility index (Phi) is 9.08. The number of amides is 1. The van der Waals surface area contributed by atoms with Crippen LogP contribution in [0.15, 0.2) is 59.2 Å². The van der Waals surface area contributed by atoms with Crippen LogP contribution in [0.3, 0.4) is 0 Å². The third-order valence-corrected chi connectivity index (χ3v) is 6.85. The van der Waals surface area contributed by atoms with Crippen LogP contribution < -0.4 is 9.80 Å². The number of benzene rings is 2. The summed E-state index contributed by atoms with van der Waals surface area (Å²) in [5, 5.41) is 0.517. The number of carbonyl (C=O) groups excluding carboxylic acids is 1. The van der Waals surface area contributed by atoms with Gasteiger partial charge in [-0.25, -0.2) is 4.99 Å². The number of nitrogens with zero attached hydrogens (tertiary/aromatic N) is 3. The summed E-state index contributed by atoms with van der Waals surface area (Å²) in [6.45, 7) is 10.5. The van der Waals surface area contributed by atoms with Crippen LogP contribution in [0.5, 0.6) is 0 Å². The molecule has 2 aromatic rings. The van der Waals surface area contributed by atoms with Crippen LogP contribution in [0.4, 0.5) is 24.5 Å². The van der Waals surface area contributed by atoms with Crippen molar-refractivity contribution >= 4 is 35.2 Å². The number of halogens is 4. The molecule has 9 heteroatoms. The maximum absolute atomic E-state index is 13.2. The van der Waals surface area contributed by atoms with Gasteiger partial charge in [0, 0.05) is 18.8 Å². The average Bonchev–Trinajstić information content (AvgIpc) is 2.84. The number of hydrogen-bond acceptors (Lipinski definition) is 4. The van der Waals surface area contributed by atoms with Crippen molar-refractivity contribution in [1.29, 1.82) is 0 Å². The van der Waals surface area contributed by atoms with Crippen molar-refractivity contribution in [2.24, 2.45) is 4.99 Å². The minimum Gasteiger partial charge on any atom is -0.370 e. The average molecular weight is 536 g/mol. The predicted octanol–water partition coefficient (Wildman–Crippen LogP) is 7.58. The SMILES string of the molecule is C/C=C(/C)N=C(C)N(C=O)c1ccc(N2CCC(OC(C)(C)c3cccc(C(F)(F)F)c3)CC2)c(Cl)c1. The third kappa shape index (κ3) is 7.14. The molecule has 1 aliphatic heterocycles. The number of alkyl halides is 3. The fourth-order valence-corrected chi connectivity index (χ4v) is 4.66. The number of aliphatic imine (C=N–C) groups is 1. The molecule has 0 aromatic heterocycles. The fraction of sp³-hybridized carbons (Fsp3) is 0.429. The lowest BCUT2D eigenvalue weighted by molar-refractivity contribution is -0.138. The van der Waals surface area contributed by atoms with Gasteiger partial charge in [-0.05, 0) is 83.4 Å². The summed E-state index contributed by atoms with van der Waals surface area (Å²) in [6, 6.07) is 10.8. The molecule has 0 unspecified atom stereocenters. The first-order chi connectivity index (χ1) is 17.4. The van der Waals surface area contributed by atoms with Gasteiger partial charge in [0.05, 0.1) is 33.7 Å². The van der Waals surface area contributed by atoms with Gasteiger partial charge in [-0.15, -0.1) is 0 Å². The zero-order chi connectivity index (χ0) is 27.4. The van der Waals surface area contributed by atoms with E-state index in [0.717, 1.165) is 23.5 Å². The molecular formula is C28H33ClF3N3O2. The minimum absolute atomic E-state index is 0.0990. The van der Waals surface area contributed by atoms with Crippen molar-refractivity contribution in [3.63, 3.8) is 0 Å². The van der Waals surface area contributed by atoms with Gasteiger partial charge in [0.2, 0.25) is 6.41 Å². The maximum Gasteiger partial charge on any atom is 0.416 e. The lowest BCUT2D eigenvalue weighted by atomic mass is 9.95. The Labute approximate surface area is 221 Å². The van der Waals surface area contributed by atoms with Gasteiger partial charge in [-0.1, -0.05) is 29.8 Å². The summed E-state index contributed by atoms with van der Waals surface area (Å²) < 4.78 is 45.8. The van der Waals surface area contributed by atoms with Crippen molar-refractivity contribution in [3.05, 3.63) is 70.4 Å². The first-order valence-electron chi connectivity index (χ1n) is 12.2. The Bertz CT molecular complexity index is 1170. The molecule has 0 bridgehead atoms. The van der Waals surface area contributed by atoms with Gasteiger partial charge in [0.1, 0.15) is 5.84 Å². The Morgan fingerprint density at radius 2 is 1.76 bits per heavy atom. The molecule has 1 fully saturated rings. The van der Waals surface area contributed by atoms with Gasteiger partial charge < -0.3 is 9.64 Å². The van der Waals surface area contributed by atoms with E-state index in [-0.39, 0.29) is 6.10 Å². The van der Waals surface area contributed by atoms with Crippen LogP contribution in [-0.4, -0.2) is 31.4 Å². The number of piperidine rings is 1. The third-order valence-electron chi connectivity index (χ3n) is 6.55. The standard InChI is InChI=1S/C28H33ClF3N3O2/c1-6-19(2)33-20(3)35(18-36)23-10-11-26(25(29)17-23)34-14-12-24(13-15-34)37-27(4,5)21-8-7-9-22(16-21)28(30,31)32/h6-11,16-18,24H,12-15H2,1-5H3/b19-6-,33-20?. The van der Waals surface area contributed by atoms with Crippen molar-refractivity contribution in [1.82, 2.24) is 0 Å². The number of ether oxygens (including phenoxy) is 1. The molecule has 3 rings (SSSR count). The molecule has 200 valence electrons. The first-order valence-corrected chi connectivity index (χ1v) is 12.6.